The van der Waals surface area contributed by atoms with Crippen LogP contribution in [0.15, 0.2) is 35.2 Å². The van der Waals surface area contributed by atoms with Gasteiger partial charge in [0.1, 0.15) is 5.75 Å². The Morgan fingerprint density at radius 3 is 2.61 bits per heavy atom. The summed E-state index contributed by atoms with van der Waals surface area (Å²) in [6.45, 7) is 8.55. The highest BCUT2D eigenvalue weighted by Crippen LogP contribution is 2.47. The number of methoxy groups -OCH3 is 1. The smallest absolute Gasteiger partial charge is 0.195 e. The van der Waals surface area contributed by atoms with E-state index in [-0.39, 0.29) is 11.2 Å². The van der Waals surface area contributed by atoms with Gasteiger partial charge in [-0.15, -0.1) is 18.2 Å². The topological polar surface area (TPSA) is 42.1 Å². The first-order valence-electron chi connectivity index (χ1n) is 9.34. The van der Waals surface area contributed by atoms with Gasteiger partial charge in [-0.3, -0.25) is 4.79 Å². The van der Waals surface area contributed by atoms with Crippen molar-refractivity contribution in [3.8, 4) is 18.1 Å². The molecule has 0 unspecified atom stereocenters. The Labute approximate surface area is 169 Å². The number of thioether (sulfide) groups is 1. The number of benzene rings is 2. The van der Waals surface area contributed by atoms with E-state index in [2.05, 4.69) is 38.6 Å². The van der Waals surface area contributed by atoms with Gasteiger partial charge in [-0.05, 0) is 29.8 Å². The van der Waals surface area contributed by atoms with E-state index in [1.54, 1.807) is 18.9 Å². The Hall–Kier alpha value is -2.64. The zero-order chi connectivity index (χ0) is 20.2. The van der Waals surface area contributed by atoms with Crippen LogP contribution >= 0.6 is 11.8 Å². The Balaban J connectivity index is 2.00. The molecular formula is C24H23NO2S. The summed E-state index contributed by atoms with van der Waals surface area (Å²) in [5.41, 5.74) is 4.76. The van der Waals surface area contributed by atoms with Crippen LogP contribution in [-0.4, -0.2) is 23.1 Å². The molecule has 0 saturated heterocycles. The second-order valence-corrected chi connectivity index (χ2v) is 9.57. The molecule has 0 radical (unpaired) electrons. The van der Waals surface area contributed by atoms with E-state index in [0.29, 0.717) is 5.25 Å². The summed E-state index contributed by atoms with van der Waals surface area (Å²) < 4.78 is 5.65. The van der Waals surface area contributed by atoms with Crippen LogP contribution in [0.4, 0.5) is 0 Å². The average molecular weight is 390 g/mol. The molecule has 0 amide bonds. The van der Waals surface area contributed by atoms with Crippen LogP contribution in [0.3, 0.4) is 0 Å². The van der Waals surface area contributed by atoms with Gasteiger partial charge in [0.15, 0.2) is 5.78 Å². The van der Waals surface area contributed by atoms with Gasteiger partial charge in [0, 0.05) is 38.4 Å². The lowest BCUT2D eigenvalue weighted by molar-refractivity contribution is 0.103. The lowest BCUT2D eigenvalue weighted by Crippen LogP contribution is -2.30. The van der Waals surface area contributed by atoms with Gasteiger partial charge in [-0.2, -0.15) is 0 Å². The molecule has 4 rings (SSSR count). The first-order chi connectivity index (χ1) is 13.3. The van der Waals surface area contributed by atoms with Crippen LogP contribution in [-0.2, 0) is 5.41 Å². The van der Waals surface area contributed by atoms with E-state index in [0.717, 1.165) is 49.5 Å². The number of hydrogen-bond donors (Lipinski definition) is 1. The molecule has 142 valence electrons. The number of fused-ring (bicyclic) bond motifs is 4. The van der Waals surface area contributed by atoms with Crippen molar-refractivity contribution in [3.05, 3.63) is 58.3 Å². The van der Waals surface area contributed by atoms with E-state index >= 15 is 0 Å². The molecule has 1 heterocycles. The van der Waals surface area contributed by atoms with Crippen LogP contribution in [0.5, 0.6) is 5.75 Å². The number of hydrogen-bond acceptors (Lipinski definition) is 3. The maximum absolute atomic E-state index is 13.6. The zero-order valence-electron chi connectivity index (χ0n) is 16.8. The molecule has 2 aromatic carbocycles. The van der Waals surface area contributed by atoms with Crippen LogP contribution in [0.1, 0.15) is 60.4 Å². The number of rotatable bonds is 3. The van der Waals surface area contributed by atoms with E-state index in [1.165, 1.54) is 0 Å². The number of ketones is 1. The number of terminal acetylenes is 1. The Morgan fingerprint density at radius 1 is 1.21 bits per heavy atom. The van der Waals surface area contributed by atoms with E-state index in [1.807, 2.05) is 30.3 Å². The van der Waals surface area contributed by atoms with Gasteiger partial charge in [0.2, 0.25) is 0 Å². The summed E-state index contributed by atoms with van der Waals surface area (Å²) in [5.74, 6) is 3.53. The third-order valence-electron chi connectivity index (χ3n) is 5.40. The van der Waals surface area contributed by atoms with Crippen molar-refractivity contribution in [3.63, 3.8) is 0 Å². The van der Waals surface area contributed by atoms with Crippen LogP contribution < -0.4 is 4.74 Å². The number of H-pyrrole nitrogens is 1. The third-order valence-corrected chi connectivity index (χ3v) is 6.45. The highest BCUT2D eigenvalue weighted by Gasteiger charge is 2.40. The van der Waals surface area contributed by atoms with Crippen LogP contribution in [0.2, 0.25) is 0 Å². The standard InChI is InChI=1S/C24H23NO2S/c1-7-14-8-9-15-18(10-14)25-23-21(15)22(26)16-11-20(28-13(2)3)19(27-6)12-17(16)24(23,4)5/h1,8-13,25H,2-6H3. The molecule has 1 N–H and O–H groups in total. The summed E-state index contributed by atoms with van der Waals surface area (Å²) in [4.78, 5) is 18.0. The van der Waals surface area contributed by atoms with Gasteiger partial charge in [0.25, 0.3) is 0 Å². The van der Waals surface area contributed by atoms with Crippen LogP contribution in [0.25, 0.3) is 10.9 Å². The van der Waals surface area contributed by atoms with Crippen molar-refractivity contribution in [2.75, 3.05) is 7.11 Å². The first-order valence-corrected chi connectivity index (χ1v) is 10.2. The second kappa shape index (κ2) is 6.46. The number of carbonyl (C=O) groups is 1. The Bertz CT molecular complexity index is 1160. The minimum atomic E-state index is -0.359. The summed E-state index contributed by atoms with van der Waals surface area (Å²) in [6, 6.07) is 9.80. The van der Waals surface area contributed by atoms with Crippen LogP contribution in [0, 0.1) is 12.3 Å². The van der Waals surface area contributed by atoms with Crippen molar-refractivity contribution in [1.82, 2.24) is 4.98 Å². The molecule has 0 fully saturated rings. The number of aromatic nitrogens is 1. The first kappa shape index (κ1) is 18.7. The molecule has 3 nitrogen and oxygen atoms in total. The maximum Gasteiger partial charge on any atom is 0.195 e. The molecule has 0 atom stereocenters. The highest BCUT2D eigenvalue weighted by molar-refractivity contribution is 8.00. The van der Waals surface area contributed by atoms with Crippen molar-refractivity contribution < 1.29 is 9.53 Å². The SMILES string of the molecule is C#Cc1ccc2c3c([nH]c2c1)C(C)(C)c1cc(OC)c(SC(C)C)cc1C3=O. The Morgan fingerprint density at radius 2 is 1.96 bits per heavy atom. The van der Waals surface area contributed by atoms with E-state index in [9.17, 15) is 4.79 Å². The minimum Gasteiger partial charge on any atom is -0.496 e. The zero-order valence-corrected chi connectivity index (χ0v) is 17.6. The quantitative estimate of drug-likeness (QED) is 0.473. The predicted molar refractivity (Wildman–Crippen MR) is 116 cm³/mol. The summed E-state index contributed by atoms with van der Waals surface area (Å²) in [5, 5.41) is 1.32. The van der Waals surface area contributed by atoms with Gasteiger partial charge >= 0.3 is 0 Å². The largest absolute Gasteiger partial charge is 0.496 e. The molecule has 28 heavy (non-hydrogen) atoms. The monoisotopic (exact) mass is 389 g/mol. The summed E-state index contributed by atoms with van der Waals surface area (Å²) >= 11 is 1.71. The fourth-order valence-corrected chi connectivity index (χ4v) is 4.98. The highest BCUT2D eigenvalue weighted by atomic mass is 32.2. The molecular weight excluding hydrogens is 366 g/mol. The predicted octanol–water partition coefficient (Wildman–Crippen LogP) is 5.53. The lowest BCUT2D eigenvalue weighted by atomic mass is 9.71. The fourth-order valence-electron chi connectivity index (χ4n) is 4.03. The number of ether oxygens (including phenoxy) is 1. The second-order valence-electron chi connectivity index (χ2n) is 7.95. The maximum atomic E-state index is 13.6. The minimum absolute atomic E-state index is 0.0530. The molecule has 1 aliphatic carbocycles. The van der Waals surface area contributed by atoms with Gasteiger partial charge < -0.3 is 9.72 Å². The molecule has 1 aromatic heterocycles. The summed E-state index contributed by atoms with van der Waals surface area (Å²) in [7, 11) is 1.68. The normalized spacial score (nSPS) is 14.7. The molecule has 4 heteroatoms. The van der Waals surface area contributed by atoms with Gasteiger partial charge in [0.05, 0.1) is 17.6 Å². The lowest BCUT2D eigenvalue weighted by Gasteiger charge is -2.33. The number of nitrogens with one attached hydrogen (secondary N) is 1. The van der Waals surface area contributed by atoms with E-state index in [4.69, 9.17) is 11.2 Å². The van der Waals surface area contributed by atoms with Gasteiger partial charge in [-0.25, -0.2) is 0 Å². The molecule has 3 aromatic rings. The molecule has 1 aliphatic rings. The molecule has 0 saturated carbocycles. The molecule has 0 aliphatic heterocycles. The fraction of sp³-hybridized carbons (Fsp3) is 0.292. The summed E-state index contributed by atoms with van der Waals surface area (Å²) in [6.07, 6.45) is 5.55. The van der Waals surface area contributed by atoms with Crippen molar-refractivity contribution in [2.24, 2.45) is 0 Å². The third kappa shape index (κ3) is 2.65. The number of aromatic amines is 1. The van der Waals surface area contributed by atoms with E-state index < -0.39 is 0 Å². The Kier molecular flexibility index (Phi) is 4.32. The molecule has 0 bridgehead atoms. The average Bonchev–Trinajstić information content (AvgIpc) is 3.05. The number of carbonyl (C=O) groups excluding carboxylic acids is 1. The van der Waals surface area contributed by atoms with Crippen molar-refractivity contribution in [2.45, 2.75) is 43.3 Å². The van der Waals surface area contributed by atoms with Gasteiger partial charge in [-0.1, -0.05) is 39.7 Å². The van der Waals surface area contributed by atoms with Crippen molar-refractivity contribution >= 4 is 28.4 Å². The molecule has 0 spiro atoms. The van der Waals surface area contributed by atoms with Crippen molar-refractivity contribution in [1.29, 1.82) is 0 Å².